The molecule has 1 saturated heterocycles. The van der Waals surface area contributed by atoms with E-state index in [-0.39, 0.29) is 5.91 Å². The van der Waals surface area contributed by atoms with Crippen LogP contribution >= 0.6 is 0 Å². The van der Waals surface area contributed by atoms with E-state index >= 15 is 0 Å². The highest BCUT2D eigenvalue weighted by atomic mass is 16.2. The maximum atomic E-state index is 13.2. The van der Waals surface area contributed by atoms with E-state index in [1.54, 1.807) is 4.52 Å². The van der Waals surface area contributed by atoms with E-state index in [4.69, 9.17) is 0 Å². The zero-order chi connectivity index (χ0) is 21.1. The van der Waals surface area contributed by atoms with Crippen molar-refractivity contribution in [1.29, 1.82) is 0 Å². The molecule has 1 amide bonds. The molecule has 0 unspecified atom stereocenters. The Morgan fingerprint density at radius 1 is 1.07 bits per heavy atom. The maximum absolute atomic E-state index is 13.2. The zero-order valence-electron chi connectivity index (χ0n) is 18.3. The first-order valence-corrected chi connectivity index (χ1v) is 11.1. The lowest BCUT2D eigenvalue weighted by molar-refractivity contribution is -0.135. The molecule has 0 spiro atoms. The van der Waals surface area contributed by atoms with Gasteiger partial charge in [0.2, 0.25) is 5.91 Å². The van der Waals surface area contributed by atoms with Crippen LogP contribution in [0.5, 0.6) is 0 Å². The molecule has 0 aliphatic carbocycles. The van der Waals surface area contributed by atoms with Crippen LogP contribution in [0.25, 0.3) is 5.78 Å². The van der Waals surface area contributed by atoms with Crippen molar-refractivity contribution in [3.63, 3.8) is 0 Å². The number of rotatable bonds is 6. The highest BCUT2D eigenvalue weighted by molar-refractivity contribution is 5.77. The van der Waals surface area contributed by atoms with E-state index in [9.17, 15) is 4.79 Å². The fourth-order valence-corrected chi connectivity index (χ4v) is 4.65. The third kappa shape index (κ3) is 4.37. The average molecular weight is 406 g/mol. The van der Waals surface area contributed by atoms with Crippen LogP contribution in [0.3, 0.4) is 0 Å². The summed E-state index contributed by atoms with van der Waals surface area (Å²) < 4.78 is 1.80. The Bertz CT molecular complexity index is 1030. The molecule has 1 aliphatic rings. The number of piperidine rings is 1. The molecule has 30 heavy (non-hydrogen) atoms. The second-order valence-corrected chi connectivity index (χ2v) is 8.39. The average Bonchev–Trinajstić information content (AvgIpc) is 3.13. The van der Waals surface area contributed by atoms with Gasteiger partial charge in [-0.3, -0.25) is 4.79 Å². The molecule has 3 heterocycles. The number of benzene rings is 1. The summed E-state index contributed by atoms with van der Waals surface area (Å²) in [5, 5.41) is 4.44. The molecule has 1 aromatic carbocycles. The quantitative estimate of drug-likeness (QED) is 0.622. The number of likely N-dealkylation sites (tertiary alicyclic amines) is 1. The summed E-state index contributed by atoms with van der Waals surface area (Å²) in [6, 6.07) is 10.9. The molecule has 1 fully saturated rings. The Kier molecular flexibility index (Phi) is 6.11. The van der Waals surface area contributed by atoms with Gasteiger partial charge >= 0.3 is 0 Å². The Morgan fingerprint density at radius 3 is 2.67 bits per heavy atom. The highest BCUT2D eigenvalue weighted by Gasteiger charge is 2.26. The van der Waals surface area contributed by atoms with Crippen molar-refractivity contribution in [2.75, 3.05) is 6.54 Å². The van der Waals surface area contributed by atoms with Crippen molar-refractivity contribution < 1.29 is 4.79 Å². The van der Waals surface area contributed by atoms with E-state index in [1.807, 2.05) is 20.8 Å². The SMILES string of the molecule is Cc1nc2nc(C)c(CCC(=O)N3CCCC[C@H]3CCc3ccccc3)c(C)n2n1. The molecule has 6 heteroatoms. The second-order valence-electron chi connectivity index (χ2n) is 8.39. The minimum absolute atomic E-state index is 0.265. The Balaban J connectivity index is 1.42. The summed E-state index contributed by atoms with van der Waals surface area (Å²) in [6.07, 6.45) is 6.72. The third-order valence-electron chi connectivity index (χ3n) is 6.30. The smallest absolute Gasteiger partial charge is 0.252 e. The van der Waals surface area contributed by atoms with Gasteiger partial charge in [-0.1, -0.05) is 30.3 Å². The van der Waals surface area contributed by atoms with Gasteiger partial charge in [-0.15, -0.1) is 0 Å². The van der Waals surface area contributed by atoms with Crippen molar-refractivity contribution in [3.05, 3.63) is 58.7 Å². The standard InChI is InChI=1S/C24H31N5O/c1-17-22(18(2)29-24(25-17)26-19(3)27-29)14-15-23(30)28-16-8-7-11-21(28)13-12-20-9-5-4-6-10-20/h4-6,9-10,21H,7-8,11-16H2,1-3H3/t21-/m0/s1. The molecule has 0 bridgehead atoms. The first-order chi connectivity index (χ1) is 14.5. The summed E-state index contributed by atoms with van der Waals surface area (Å²) in [6.45, 7) is 6.80. The molecular weight excluding hydrogens is 374 g/mol. The van der Waals surface area contributed by atoms with E-state index in [0.717, 1.165) is 49.2 Å². The molecular formula is C24H31N5O. The van der Waals surface area contributed by atoms with Gasteiger partial charge in [0.15, 0.2) is 0 Å². The monoisotopic (exact) mass is 405 g/mol. The van der Waals surface area contributed by atoms with Gasteiger partial charge in [0.25, 0.3) is 5.78 Å². The summed E-state index contributed by atoms with van der Waals surface area (Å²) in [7, 11) is 0. The van der Waals surface area contributed by atoms with Gasteiger partial charge < -0.3 is 4.90 Å². The fourth-order valence-electron chi connectivity index (χ4n) is 4.65. The highest BCUT2D eigenvalue weighted by Crippen LogP contribution is 2.23. The lowest BCUT2D eigenvalue weighted by Gasteiger charge is -2.36. The summed E-state index contributed by atoms with van der Waals surface area (Å²) in [4.78, 5) is 24.3. The number of carbonyl (C=O) groups excluding carboxylic acids is 1. The molecule has 0 N–H and O–H groups in total. The van der Waals surface area contributed by atoms with Gasteiger partial charge in [-0.05, 0) is 70.4 Å². The number of carbonyl (C=O) groups is 1. The second kappa shape index (κ2) is 8.94. The molecule has 1 atom stereocenters. The molecule has 0 saturated carbocycles. The van der Waals surface area contributed by atoms with Gasteiger partial charge in [-0.2, -0.15) is 10.1 Å². The van der Waals surface area contributed by atoms with E-state index in [2.05, 4.69) is 50.3 Å². The molecule has 3 aromatic rings. The topological polar surface area (TPSA) is 63.4 Å². The Morgan fingerprint density at radius 2 is 1.87 bits per heavy atom. The number of amides is 1. The molecule has 0 radical (unpaired) electrons. The van der Waals surface area contributed by atoms with Crippen molar-refractivity contribution in [3.8, 4) is 0 Å². The van der Waals surface area contributed by atoms with Crippen LogP contribution in [0.15, 0.2) is 30.3 Å². The minimum atomic E-state index is 0.265. The minimum Gasteiger partial charge on any atom is -0.340 e. The van der Waals surface area contributed by atoms with Gasteiger partial charge in [-0.25, -0.2) is 9.50 Å². The molecule has 4 rings (SSSR count). The first kappa shape index (κ1) is 20.5. The molecule has 6 nitrogen and oxygen atoms in total. The van der Waals surface area contributed by atoms with Gasteiger partial charge in [0.05, 0.1) is 0 Å². The number of aryl methyl sites for hydroxylation is 4. The fraction of sp³-hybridized carbons (Fsp3) is 0.500. The van der Waals surface area contributed by atoms with E-state index in [0.29, 0.717) is 30.5 Å². The third-order valence-corrected chi connectivity index (χ3v) is 6.30. The predicted molar refractivity (Wildman–Crippen MR) is 117 cm³/mol. The number of nitrogens with zero attached hydrogens (tertiary/aromatic N) is 5. The van der Waals surface area contributed by atoms with Crippen LogP contribution in [0, 0.1) is 20.8 Å². The summed E-state index contributed by atoms with van der Waals surface area (Å²) >= 11 is 0. The summed E-state index contributed by atoms with van der Waals surface area (Å²) in [5.74, 6) is 1.61. The largest absolute Gasteiger partial charge is 0.340 e. The maximum Gasteiger partial charge on any atom is 0.252 e. The number of hydrogen-bond donors (Lipinski definition) is 0. The van der Waals surface area contributed by atoms with Gasteiger partial charge in [0, 0.05) is 30.4 Å². The Labute approximate surface area is 178 Å². The lowest BCUT2D eigenvalue weighted by atomic mass is 9.95. The molecule has 158 valence electrons. The predicted octanol–water partition coefficient (Wildman–Crippen LogP) is 4.00. The van der Waals surface area contributed by atoms with Crippen molar-refractivity contribution in [2.24, 2.45) is 0 Å². The normalized spacial score (nSPS) is 16.9. The van der Waals surface area contributed by atoms with Crippen molar-refractivity contribution >= 4 is 11.7 Å². The zero-order valence-corrected chi connectivity index (χ0v) is 18.3. The number of hydrogen-bond acceptors (Lipinski definition) is 4. The Hall–Kier alpha value is -2.76. The van der Waals surface area contributed by atoms with Gasteiger partial charge in [0.1, 0.15) is 5.82 Å². The van der Waals surface area contributed by atoms with Crippen molar-refractivity contribution in [1.82, 2.24) is 24.5 Å². The van der Waals surface area contributed by atoms with Crippen LogP contribution in [0.2, 0.25) is 0 Å². The lowest BCUT2D eigenvalue weighted by Crippen LogP contribution is -2.44. The van der Waals surface area contributed by atoms with E-state index in [1.165, 1.54) is 12.0 Å². The van der Waals surface area contributed by atoms with Crippen molar-refractivity contribution in [2.45, 2.75) is 71.8 Å². The first-order valence-electron chi connectivity index (χ1n) is 11.1. The van der Waals surface area contributed by atoms with Crippen LogP contribution in [-0.4, -0.2) is 43.0 Å². The number of fused-ring (bicyclic) bond motifs is 1. The number of aromatic nitrogens is 4. The van der Waals surface area contributed by atoms with Crippen LogP contribution in [-0.2, 0) is 17.6 Å². The van der Waals surface area contributed by atoms with E-state index < -0.39 is 0 Å². The van der Waals surface area contributed by atoms with Crippen LogP contribution in [0.4, 0.5) is 0 Å². The van der Waals surface area contributed by atoms with Crippen LogP contribution < -0.4 is 0 Å². The van der Waals surface area contributed by atoms with Crippen LogP contribution in [0.1, 0.15) is 60.4 Å². The molecule has 2 aromatic heterocycles. The molecule has 1 aliphatic heterocycles. The summed E-state index contributed by atoms with van der Waals surface area (Å²) in [5.41, 5.74) is 4.44.